The van der Waals surface area contributed by atoms with Gasteiger partial charge in [0, 0.05) is 115 Å². The number of piperidine rings is 4. The summed E-state index contributed by atoms with van der Waals surface area (Å²) in [6.07, 6.45) is 9.56. The summed E-state index contributed by atoms with van der Waals surface area (Å²) in [6, 6.07) is 21.5. The number of pyridine rings is 1. The maximum Gasteiger partial charge on any atom is 0.409 e. The number of nitrogens with one attached hydrogen (secondary N) is 1. The molecule has 0 atom stereocenters. The molecule has 427 valence electrons. The van der Waals surface area contributed by atoms with Gasteiger partial charge in [-0.15, -0.1) is 0 Å². The Morgan fingerprint density at radius 1 is 0.575 bits per heavy atom. The van der Waals surface area contributed by atoms with E-state index in [-0.39, 0.29) is 69.1 Å². The van der Waals surface area contributed by atoms with E-state index in [1.165, 1.54) is 5.56 Å². The number of carbonyl (C=O) groups is 3. The van der Waals surface area contributed by atoms with Crippen molar-refractivity contribution in [3.63, 3.8) is 0 Å². The molecule has 0 unspecified atom stereocenters. The van der Waals surface area contributed by atoms with Crippen molar-refractivity contribution in [2.45, 2.75) is 104 Å². The minimum absolute atomic E-state index is 0. The van der Waals surface area contributed by atoms with Gasteiger partial charge in [-0.2, -0.15) is 0 Å². The first kappa shape index (κ1) is 60.9. The smallest absolute Gasteiger partial charge is 0.409 e. The number of likely N-dealkylation sites (tertiary alicyclic amines) is 4. The first-order chi connectivity index (χ1) is 37.6. The van der Waals surface area contributed by atoms with Crippen molar-refractivity contribution in [3.8, 4) is 0 Å². The number of aromatic nitrogens is 7. The largest absolute Gasteiger partial charge is 0.450 e. The predicted octanol–water partition coefficient (Wildman–Crippen LogP) is 8.94. The molecule has 4 fully saturated rings. The summed E-state index contributed by atoms with van der Waals surface area (Å²) < 4.78 is 19.0. The fourth-order valence-corrected chi connectivity index (χ4v) is 12.1. The average molecular weight is 1140 g/mol. The SMILES string of the molecule is C.CCOC(=O)N1CCC(n2c(=O)[nH]c3cc(Cl)ccc32)CC1.CCOC(=O)N1CCC(n2c(=O)n(C)c3cc(Cl)ccc32)CC1.Cc1ccc2c(c1)n(C)c(=O)n2C1CCN(C(=O)C2CCN(Cc3ccncc3)CC2)CC1.[B]. The van der Waals surface area contributed by atoms with Gasteiger partial charge in [-0.05, 0) is 157 Å². The second-order valence-corrected chi connectivity index (χ2v) is 21.7. The van der Waals surface area contributed by atoms with Crippen molar-refractivity contribution in [1.29, 1.82) is 0 Å². The third-order valence-corrected chi connectivity index (χ3v) is 16.4. The van der Waals surface area contributed by atoms with Crippen LogP contribution in [0.15, 0.2) is 93.5 Å². The third-order valence-electron chi connectivity index (χ3n) is 15.9. The molecule has 80 heavy (non-hydrogen) atoms. The highest BCUT2D eigenvalue weighted by molar-refractivity contribution is 6.31. The van der Waals surface area contributed by atoms with Gasteiger partial charge in [-0.3, -0.25) is 37.5 Å². The molecule has 0 aliphatic carbocycles. The van der Waals surface area contributed by atoms with E-state index in [1.54, 1.807) is 62.6 Å². The molecule has 3 radical (unpaired) electrons. The molecule has 0 spiro atoms. The number of nitrogens with zero attached hydrogens (tertiary/aromatic N) is 10. The Balaban J connectivity index is 0.000000176. The zero-order valence-electron chi connectivity index (χ0n) is 45.8. The normalized spacial score (nSPS) is 16.8. The summed E-state index contributed by atoms with van der Waals surface area (Å²) in [6.45, 7) is 13.1. The fourth-order valence-electron chi connectivity index (χ4n) is 11.7. The van der Waals surface area contributed by atoms with Gasteiger partial charge in [0.2, 0.25) is 5.91 Å². The Bertz CT molecular complexity index is 3430. The van der Waals surface area contributed by atoms with Crippen LogP contribution in [0.2, 0.25) is 10.0 Å². The van der Waals surface area contributed by atoms with Crippen LogP contribution >= 0.6 is 23.2 Å². The van der Waals surface area contributed by atoms with E-state index < -0.39 is 0 Å². The lowest BCUT2D eigenvalue weighted by molar-refractivity contribution is -0.138. The predicted molar refractivity (Wildman–Crippen MR) is 315 cm³/mol. The van der Waals surface area contributed by atoms with Crippen molar-refractivity contribution in [1.82, 2.24) is 52.4 Å². The zero-order valence-corrected chi connectivity index (χ0v) is 47.3. The van der Waals surface area contributed by atoms with E-state index in [4.69, 9.17) is 32.7 Å². The molecule has 22 heteroatoms. The molecule has 7 aromatic rings. The molecule has 4 aliphatic heterocycles. The molecule has 4 aliphatic rings. The molecule has 11 rings (SSSR count). The van der Waals surface area contributed by atoms with E-state index in [9.17, 15) is 28.8 Å². The molecule has 3 amide bonds. The lowest BCUT2D eigenvalue weighted by Gasteiger charge is -2.37. The lowest BCUT2D eigenvalue weighted by atomic mass is 9.93. The van der Waals surface area contributed by atoms with E-state index in [0.717, 1.165) is 123 Å². The number of imidazole rings is 3. The summed E-state index contributed by atoms with van der Waals surface area (Å²) in [7, 11) is 3.60. The van der Waals surface area contributed by atoms with Gasteiger partial charge >= 0.3 is 29.3 Å². The number of benzene rings is 3. The minimum atomic E-state index is -0.279. The number of aryl methyl sites for hydroxylation is 3. The van der Waals surface area contributed by atoms with E-state index >= 15 is 0 Å². The molecule has 19 nitrogen and oxygen atoms in total. The maximum atomic E-state index is 13.2. The first-order valence-electron chi connectivity index (χ1n) is 27.3. The summed E-state index contributed by atoms with van der Waals surface area (Å²) in [4.78, 5) is 89.3. The molecule has 4 saturated heterocycles. The number of halogens is 2. The van der Waals surface area contributed by atoms with Gasteiger partial charge in [0.1, 0.15) is 0 Å². The Kier molecular flexibility index (Phi) is 20.6. The molecule has 8 heterocycles. The Labute approximate surface area is 478 Å². The highest BCUT2D eigenvalue weighted by atomic mass is 35.5. The van der Waals surface area contributed by atoms with Gasteiger partial charge in [0.05, 0.1) is 46.3 Å². The fraction of sp³-hybridized carbons (Fsp3) is 0.500. The van der Waals surface area contributed by atoms with Crippen LogP contribution in [-0.2, 0) is 34.9 Å². The maximum absolute atomic E-state index is 13.2. The average Bonchev–Trinajstić information content (AvgIpc) is 4.08. The number of ether oxygens (including phenoxy) is 2. The van der Waals surface area contributed by atoms with Crippen molar-refractivity contribution < 1.29 is 23.9 Å². The number of H-pyrrole nitrogens is 1. The number of amides is 3. The van der Waals surface area contributed by atoms with Crippen molar-refractivity contribution in [2.75, 3.05) is 65.6 Å². The van der Waals surface area contributed by atoms with Crippen LogP contribution in [0.4, 0.5) is 9.59 Å². The molecule has 4 aromatic heterocycles. The second kappa shape index (κ2) is 27.1. The highest BCUT2D eigenvalue weighted by Crippen LogP contribution is 2.31. The van der Waals surface area contributed by atoms with E-state index in [0.29, 0.717) is 55.3 Å². The summed E-state index contributed by atoms with van der Waals surface area (Å²) >= 11 is 12.0. The number of hydrogen-bond acceptors (Lipinski definition) is 10. The van der Waals surface area contributed by atoms with Gasteiger partial charge in [0.25, 0.3) is 0 Å². The highest BCUT2D eigenvalue weighted by Gasteiger charge is 2.33. The van der Waals surface area contributed by atoms with Crippen molar-refractivity contribution in [2.24, 2.45) is 20.0 Å². The van der Waals surface area contributed by atoms with Gasteiger partial charge in [-0.1, -0.05) is 36.7 Å². The monoisotopic (exact) mass is 1130 g/mol. The molecule has 0 bridgehead atoms. The Morgan fingerprint density at radius 3 is 1.54 bits per heavy atom. The summed E-state index contributed by atoms with van der Waals surface area (Å²) in [5, 5.41) is 1.21. The number of fused-ring (bicyclic) bond motifs is 3. The molecule has 0 saturated carbocycles. The standard InChI is InChI=1S/C26H33N5O2.C16H20ClN3O3.C15H18ClN3O3.CH4.B/c1-19-3-4-23-24(17-19)28(2)26(33)31(23)22-9-15-30(16-10-22)25(32)21-7-13-29(14-8-21)18-20-5-11-27-12-6-20;1-3-23-16(22)19-8-6-12(7-9-19)20-13-5-4-11(17)10-14(13)18(2)15(20)21;1-2-22-15(21)18-7-5-11(6-8-18)19-13-4-3-10(16)9-12(13)17-14(19)20;;/h3-6,11-12,17,21-22H,7-10,13-16,18H2,1-2H3;4-5,10,12H,3,6-9H2,1-2H3;3-4,9,11H,2,5-8H2,1H3,(H,17,20);1H4;. The van der Waals surface area contributed by atoms with Crippen LogP contribution in [0.3, 0.4) is 0 Å². The van der Waals surface area contributed by atoms with Crippen molar-refractivity contribution >= 4 is 82.8 Å². The van der Waals surface area contributed by atoms with Gasteiger partial charge in [-0.25, -0.2) is 24.0 Å². The van der Waals surface area contributed by atoms with E-state index in [2.05, 4.69) is 52.1 Å². The molecular weight excluding hydrogens is 1060 g/mol. The first-order valence-corrected chi connectivity index (χ1v) is 28.1. The van der Waals surface area contributed by atoms with Crippen LogP contribution < -0.4 is 17.1 Å². The molecule has 3 aromatic carbocycles. The number of hydrogen-bond donors (Lipinski definition) is 1. The van der Waals surface area contributed by atoms with Crippen LogP contribution in [0, 0.1) is 12.8 Å². The summed E-state index contributed by atoms with van der Waals surface area (Å²) in [5.74, 6) is 0.427. The lowest BCUT2D eigenvalue weighted by Crippen LogP contribution is -2.46. The third kappa shape index (κ3) is 13.4. The van der Waals surface area contributed by atoms with Crippen LogP contribution in [0.1, 0.15) is 102 Å². The Morgan fingerprint density at radius 2 is 1.02 bits per heavy atom. The van der Waals surface area contributed by atoms with Gasteiger partial charge in [0.15, 0.2) is 0 Å². The zero-order chi connectivity index (χ0) is 55.2. The van der Waals surface area contributed by atoms with Crippen LogP contribution in [0.5, 0.6) is 0 Å². The Hall–Kier alpha value is -6.77. The number of rotatable bonds is 8. The minimum Gasteiger partial charge on any atom is -0.450 e. The van der Waals surface area contributed by atoms with Crippen molar-refractivity contribution in [3.05, 3.63) is 132 Å². The van der Waals surface area contributed by atoms with Gasteiger partial charge < -0.3 is 29.2 Å². The quantitative estimate of drug-likeness (QED) is 0.144. The van der Waals surface area contributed by atoms with Crippen LogP contribution in [-0.4, -0.2) is 144 Å². The van der Waals surface area contributed by atoms with E-state index in [1.807, 2.05) is 51.7 Å². The molecule has 1 N–H and O–H groups in total. The van der Waals surface area contributed by atoms with Crippen LogP contribution in [0.25, 0.3) is 33.1 Å². The number of aromatic amines is 1. The summed E-state index contributed by atoms with van der Waals surface area (Å²) in [5.41, 5.74) is 7.58. The topological polar surface area (TPSA) is 187 Å². The second-order valence-electron chi connectivity index (χ2n) is 20.8. The molecular formula is C58H75BCl2N11O8. The number of carbonyl (C=O) groups excluding carboxylic acids is 3.